The highest BCUT2D eigenvalue weighted by Crippen LogP contribution is 2.34. The third-order valence-corrected chi connectivity index (χ3v) is 9.42. The number of nitrogens with one attached hydrogen (secondary N) is 2. The Labute approximate surface area is 242 Å². The molecule has 0 aliphatic carbocycles. The second-order valence-corrected chi connectivity index (χ2v) is 12.9. The standard InChI is InChI=1S/C29H26FN3O7S2/c1-20-2-6-23(7-3-20)32-41(35,36)25-12-8-22(9-13-25)31-29(34)19-33(24-10-4-21(30)5-11-24)42(37,38)26-14-15-27-28(18-26)40-17-16-39-27/h2-15,18,32H,16-17,19H2,1H3,(H,31,34). The number of carbonyl (C=O) groups excluding carboxylic acids is 1. The third kappa shape index (κ3) is 6.47. The molecule has 10 nitrogen and oxygen atoms in total. The number of hydrogen-bond acceptors (Lipinski definition) is 7. The van der Waals surface area contributed by atoms with Crippen molar-refractivity contribution in [3.8, 4) is 11.5 Å². The molecule has 4 aromatic rings. The van der Waals surface area contributed by atoms with E-state index in [1.54, 1.807) is 24.3 Å². The molecule has 1 heterocycles. The monoisotopic (exact) mass is 611 g/mol. The van der Waals surface area contributed by atoms with Crippen LogP contribution < -0.4 is 23.8 Å². The molecule has 0 spiro atoms. The van der Waals surface area contributed by atoms with Crippen molar-refractivity contribution in [1.29, 1.82) is 0 Å². The summed E-state index contributed by atoms with van der Waals surface area (Å²) in [5.74, 6) is -0.649. The Kier molecular flexibility index (Phi) is 8.05. The molecule has 13 heteroatoms. The maximum atomic E-state index is 13.7. The number of nitrogens with zero attached hydrogens (tertiary/aromatic N) is 1. The smallest absolute Gasteiger partial charge is 0.264 e. The van der Waals surface area contributed by atoms with Gasteiger partial charge < -0.3 is 14.8 Å². The van der Waals surface area contributed by atoms with E-state index in [1.165, 1.54) is 54.6 Å². The van der Waals surface area contributed by atoms with Crippen molar-refractivity contribution in [3.63, 3.8) is 0 Å². The zero-order valence-electron chi connectivity index (χ0n) is 22.3. The van der Waals surface area contributed by atoms with Gasteiger partial charge in [0.2, 0.25) is 5.91 Å². The first-order valence-electron chi connectivity index (χ1n) is 12.7. The molecule has 2 N–H and O–H groups in total. The van der Waals surface area contributed by atoms with Crippen LogP contribution in [0.15, 0.2) is 101 Å². The number of benzene rings is 4. The van der Waals surface area contributed by atoms with Gasteiger partial charge in [-0.1, -0.05) is 17.7 Å². The first-order valence-corrected chi connectivity index (χ1v) is 15.6. The Balaban J connectivity index is 1.35. The summed E-state index contributed by atoms with van der Waals surface area (Å²) in [7, 11) is -8.21. The molecule has 0 radical (unpaired) electrons. The Bertz CT molecular complexity index is 1810. The van der Waals surface area contributed by atoms with Gasteiger partial charge >= 0.3 is 0 Å². The van der Waals surface area contributed by atoms with Gasteiger partial charge in [0.25, 0.3) is 20.0 Å². The molecule has 0 atom stereocenters. The van der Waals surface area contributed by atoms with E-state index in [0.717, 1.165) is 22.0 Å². The molecule has 0 unspecified atom stereocenters. The molecule has 1 aliphatic heterocycles. The third-order valence-electron chi connectivity index (χ3n) is 6.26. The van der Waals surface area contributed by atoms with Crippen LogP contribution in [0, 0.1) is 12.7 Å². The van der Waals surface area contributed by atoms with Gasteiger partial charge in [-0.25, -0.2) is 21.2 Å². The Morgan fingerprint density at radius 3 is 2.05 bits per heavy atom. The van der Waals surface area contributed by atoms with Crippen LogP contribution >= 0.6 is 0 Å². The van der Waals surface area contributed by atoms with Gasteiger partial charge in [-0.05, 0) is 79.7 Å². The summed E-state index contributed by atoms with van der Waals surface area (Å²) in [5.41, 5.74) is 1.68. The Morgan fingerprint density at radius 2 is 1.38 bits per heavy atom. The second kappa shape index (κ2) is 11.7. The zero-order chi connectivity index (χ0) is 29.9. The van der Waals surface area contributed by atoms with E-state index >= 15 is 0 Å². The summed E-state index contributed by atoms with van der Waals surface area (Å²) >= 11 is 0. The van der Waals surface area contributed by atoms with Gasteiger partial charge in [-0.3, -0.25) is 13.8 Å². The highest BCUT2D eigenvalue weighted by atomic mass is 32.2. The first-order chi connectivity index (χ1) is 20.0. The van der Waals surface area contributed by atoms with Gasteiger partial charge in [0, 0.05) is 17.4 Å². The van der Waals surface area contributed by atoms with Crippen LogP contribution in [-0.4, -0.2) is 42.5 Å². The van der Waals surface area contributed by atoms with E-state index in [2.05, 4.69) is 10.0 Å². The minimum atomic E-state index is -4.32. The number of carbonyl (C=O) groups is 1. The molecular weight excluding hydrogens is 585 g/mol. The van der Waals surface area contributed by atoms with Crippen molar-refractivity contribution in [2.45, 2.75) is 16.7 Å². The van der Waals surface area contributed by atoms with Crippen LogP contribution in [0.4, 0.5) is 21.5 Å². The average Bonchev–Trinajstić information content (AvgIpc) is 2.97. The first kappa shape index (κ1) is 28.9. The molecule has 0 fully saturated rings. The number of sulfonamides is 2. The molecule has 0 bridgehead atoms. The van der Waals surface area contributed by atoms with E-state index in [0.29, 0.717) is 18.0 Å². The molecule has 1 aliphatic rings. The van der Waals surface area contributed by atoms with E-state index in [4.69, 9.17) is 9.47 Å². The van der Waals surface area contributed by atoms with E-state index in [1.807, 2.05) is 6.92 Å². The molecular formula is C29H26FN3O7S2. The van der Waals surface area contributed by atoms with E-state index in [9.17, 15) is 26.0 Å². The highest BCUT2D eigenvalue weighted by Gasteiger charge is 2.29. The summed E-state index contributed by atoms with van der Waals surface area (Å²) in [6.45, 7) is 1.81. The topological polar surface area (TPSA) is 131 Å². The lowest BCUT2D eigenvalue weighted by Gasteiger charge is -2.25. The van der Waals surface area contributed by atoms with Gasteiger partial charge in [-0.15, -0.1) is 0 Å². The van der Waals surface area contributed by atoms with Gasteiger partial charge in [-0.2, -0.15) is 0 Å². The number of halogens is 1. The van der Waals surface area contributed by atoms with Crippen molar-refractivity contribution in [2.24, 2.45) is 0 Å². The second-order valence-electron chi connectivity index (χ2n) is 9.34. The lowest BCUT2D eigenvalue weighted by atomic mass is 10.2. The van der Waals surface area contributed by atoms with Crippen molar-refractivity contribution in [1.82, 2.24) is 0 Å². The highest BCUT2D eigenvalue weighted by molar-refractivity contribution is 7.93. The molecule has 5 rings (SSSR count). The molecule has 0 saturated heterocycles. The van der Waals surface area contributed by atoms with Crippen molar-refractivity contribution >= 4 is 43.0 Å². The Hall–Kier alpha value is -4.62. The number of fused-ring (bicyclic) bond motifs is 1. The van der Waals surface area contributed by atoms with Crippen LogP contribution in [0.5, 0.6) is 11.5 Å². The number of rotatable bonds is 9. The number of ether oxygens (including phenoxy) is 2. The van der Waals surface area contributed by atoms with Crippen molar-refractivity contribution in [3.05, 3.63) is 102 Å². The molecule has 0 aromatic heterocycles. The molecule has 1 amide bonds. The van der Waals surface area contributed by atoms with Crippen LogP contribution in [0.25, 0.3) is 0 Å². The number of anilines is 3. The predicted molar refractivity (Wildman–Crippen MR) is 155 cm³/mol. The summed E-state index contributed by atoms with van der Waals surface area (Å²) in [6.07, 6.45) is 0. The van der Waals surface area contributed by atoms with E-state index in [-0.39, 0.29) is 33.5 Å². The Morgan fingerprint density at radius 1 is 0.786 bits per heavy atom. The van der Waals surface area contributed by atoms with Gasteiger partial charge in [0.1, 0.15) is 25.6 Å². The van der Waals surface area contributed by atoms with Crippen molar-refractivity contribution < 1.29 is 35.5 Å². The lowest BCUT2D eigenvalue weighted by molar-refractivity contribution is -0.114. The average molecular weight is 612 g/mol. The molecule has 218 valence electrons. The van der Waals surface area contributed by atoms with Crippen LogP contribution in [0.3, 0.4) is 0 Å². The quantitative estimate of drug-likeness (QED) is 0.284. The van der Waals surface area contributed by atoms with E-state index < -0.39 is 38.3 Å². The predicted octanol–water partition coefficient (Wildman–Crippen LogP) is 4.54. The molecule has 42 heavy (non-hydrogen) atoms. The maximum absolute atomic E-state index is 13.7. The number of aryl methyl sites for hydroxylation is 1. The zero-order valence-corrected chi connectivity index (χ0v) is 23.9. The minimum Gasteiger partial charge on any atom is -0.486 e. The fourth-order valence-corrected chi connectivity index (χ4v) is 6.61. The molecule has 4 aromatic carbocycles. The largest absolute Gasteiger partial charge is 0.486 e. The van der Waals surface area contributed by atoms with Gasteiger partial charge in [0.05, 0.1) is 15.5 Å². The summed E-state index contributed by atoms with van der Waals surface area (Å²) in [6, 6.07) is 21.0. The normalized spacial score (nSPS) is 12.8. The fraction of sp³-hybridized carbons (Fsp3) is 0.138. The summed E-state index contributed by atoms with van der Waals surface area (Å²) in [5, 5.41) is 2.58. The SMILES string of the molecule is Cc1ccc(NS(=O)(=O)c2ccc(NC(=O)CN(c3ccc(F)cc3)S(=O)(=O)c3ccc4c(c3)OCCO4)cc2)cc1. The minimum absolute atomic E-state index is 0.0322. The van der Waals surface area contributed by atoms with Crippen LogP contribution in [-0.2, 0) is 24.8 Å². The lowest BCUT2D eigenvalue weighted by Crippen LogP contribution is -2.38. The summed E-state index contributed by atoms with van der Waals surface area (Å²) in [4.78, 5) is 12.9. The fourth-order valence-electron chi connectivity index (χ4n) is 4.12. The van der Waals surface area contributed by atoms with Crippen molar-refractivity contribution in [2.75, 3.05) is 34.1 Å². The van der Waals surface area contributed by atoms with Gasteiger partial charge in [0.15, 0.2) is 11.5 Å². The van der Waals surface area contributed by atoms with Crippen LogP contribution in [0.1, 0.15) is 5.56 Å². The van der Waals surface area contributed by atoms with Crippen LogP contribution in [0.2, 0.25) is 0 Å². The summed E-state index contributed by atoms with van der Waals surface area (Å²) < 4.78 is 80.9. The molecule has 0 saturated carbocycles. The number of amides is 1. The number of hydrogen-bond donors (Lipinski definition) is 2. The maximum Gasteiger partial charge on any atom is 0.264 e.